The van der Waals surface area contributed by atoms with E-state index in [9.17, 15) is 4.79 Å². The van der Waals surface area contributed by atoms with Crippen molar-refractivity contribution in [1.82, 2.24) is 0 Å². The summed E-state index contributed by atoms with van der Waals surface area (Å²) in [6, 6.07) is 18.1. The molecule has 0 radical (unpaired) electrons. The summed E-state index contributed by atoms with van der Waals surface area (Å²) in [6.45, 7) is 3.75. The van der Waals surface area contributed by atoms with Crippen LogP contribution in [0.2, 0.25) is 0 Å². The number of anilines is 2. The zero-order valence-electron chi connectivity index (χ0n) is 14.0. The molecule has 0 unspecified atom stereocenters. The lowest BCUT2D eigenvalue weighted by atomic mass is 9.89. The van der Waals surface area contributed by atoms with E-state index < -0.39 is 0 Å². The van der Waals surface area contributed by atoms with Crippen molar-refractivity contribution in [1.29, 1.82) is 5.26 Å². The van der Waals surface area contributed by atoms with Crippen molar-refractivity contribution in [2.75, 3.05) is 10.2 Å². The van der Waals surface area contributed by atoms with Crippen LogP contribution >= 0.6 is 0 Å². The van der Waals surface area contributed by atoms with E-state index in [1.54, 1.807) is 6.92 Å². The highest BCUT2D eigenvalue weighted by Gasteiger charge is 2.33. The van der Waals surface area contributed by atoms with Gasteiger partial charge < -0.3 is 10.2 Å². The van der Waals surface area contributed by atoms with E-state index in [-0.39, 0.29) is 18.0 Å². The van der Waals surface area contributed by atoms with Crippen LogP contribution in [0.3, 0.4) is 0 Å². The number of nitrogens with zero attached hydrogens (tertiary/aromatic N) is 2. The van der Waals surface area contributed by atoms with Gasteiger partial charge in [0, 0.05) is 24.3 Å². The molecule has 0 spiro atoms. The Kier molecular flexibility index (Phi) is 4.52. The standard InChI is InChI=1S/C20H21N3O/c1-3-17-12-19(22-16-10-8-15(13-21)9-11-16)18-6-4-5-7-20(18)23(17)14(2)24/h4-11,17,19,22H,3,12H2,1-2H3/t17-,19+/m1/s1. The minimum atomic E-state index is 0.0890. The Hall–Kier alpha value is -2.80. The number of nitrogens with one attached hydrogen (secondary N) is 1. The van der Waals surface area contributed by atoms with Crippen LogP contribution in [-0.4, -0.2) is 11.9 Å². The molecule has 0 bridgehead atoms. The number of carbonyl (C=O) groups is 1. The summed E-state index contributed by atoms with van der Waals surface area (Å²) in [4.78, 5) is 14.1. The fourth-order valence-electron chi connectivity index (χ4n) is 3.46. The van der Waals surface area contributed by atoms with E-state index in [1.165, 1.54) is 0 Å². The van der Waals surface area contributed by atoms with Crippen molar-refractivity contribution in [2.45, 2.75) is 38.8 Å². The van der Waals surface area contributed by atoms with Crippen LogP contribution in [0.5, 0.6) is 0 Å². The van der Waals surface area contributed by atoms with Gasteiger partial charge in [0.1, 0.15) is 0 Å². The lowest BCUT2D eigenvalue weighted by Gasteiger charge is -2.40. The minimum Gasteiger partial charge on any atom is -0.378 e. The van der Waals surface area contributed by atoms with Gasteiger partial charge in [0.15, 0.2) is 0 Å². The van der Waals surface area contributed by atoms with Crippen LogP contribution in [0.15, 0.2) is 48.5 Å². The third-order valence-electron chi connectivity index (χ3n) is 4.61. The van der Waals surface area contributed by atoms with Crippen LogP contribution in [0.4, 0.5) is 11.4 Å². The molecule has 4 nitrogen and oxygen atoms in total. The Morgan fingerprint density at radius 2 is 1.96 bits per heavy atom. The molecule has 0 saturated carbocycles. The monoisotopic (exact) mass is 319 g/mol. The summed E-state index contributed by atoms with van der Waals surface area (Å²) < 4.78 is 0. The molecule has 0 saturated heterocycles. The molecule has 0 aromatic heterocycles. The molecule has 0 aliphatic carbocycles. The Balaban J connectivity index is 1.94. The summed E-state index contributed by atoms with van der Waals surface area (Å²) in [7, 11) is 0. The van der Waals surface area contributed by atoms with E-state index >= 15 is 0 Å². The fourth-order valence-corrected chi connectivity index (χ4v) is 3.46. The highest BCUT2D eigenvalue weighted by Crippen LogP contribution is 2.39. The largest absolute Gasteiger partial charge is 0.378 e. The Labute approximate surface area is 142 Å². The van der Waals surface area contributed by atoms with Crippen LogP contribution in [0, 0.1) is 11.3 Å². The van der Waals surface area contributed by atoms with Crippen LogP contribution in [0.25, 0.3) is 0 Å². The van der Waals surface area contributed by atoms with Crippen molar-refractivity contribution in [2.24, 2.45) is 0 Å². The maximum atomic E-state index is 12.1. The number of hydrogen-bond acceptors (Lipinski definition) is 3. The van der Waals surface area contributed by atoms with Gasteiger partial charge in [0.25, 0.3) is 0 Å². The molecule has 2 aromatic rings. The number of nitriles is 1. The van der Waals surface area contributed by atoms with Gasteiger partial charge in [-0.3, -0.25) is 4.79 Å². The topological polar surface area (TPSA) is 56.1 Å². The van der Waals surface area contributed by atoms with Crippen molar-refractivity contribution in [3.63, 3.8) is 0 Å². The third kappa shape index (κ3) is 2.98. The molecule has 1 N–H and O–H groups in total. The van der Waals surface area contributed by atoms with Crippen LogP contribution in [0.1, 0.15) is 43.9 Å². The zero-order valence-corrected chi connectivity index (χ0v) is 14.0. The Morgan fingerprint density at radius 3 is 2.58 bits per heavy atom. The number of rotatable bonds is 3. The summed E-state index contributed by atoms with van der Waals surface area (Å²) in [5.41, 5.74) is 3.77. The molecule has 4 heteroatoms. The van der Waals surface area contributed by atoms with Crippen molar-refractivity contribution in [3.05, 3.63) is 59.7 Å². The number of fused-ring (bicyclic) bond motifs is 1. The van der Waals surface area contributed by atoms with Gasteiger partial charge in [-0.2, -0.15) is 5.26 Å². The molecule has 1 heterocycles. The predicted octanol–water partition coefficient (Wildman–Crippen LogP) is 4.25. The number of benzene rings is 2. The summed E-state index contributed by atoms with van der Waals surface area (Å²) >= 11 is 0. The Bertz CT molecular complexity index is 776. The Morgan fingerprint density at radius 1 is 1.25 bits per heavy atom. The summed E-state index contributed by atoms with van der Waals surface area (Å²) in [5.74, 6) is 0.0890. The maximum Gasteiger partial charge on any atom is 0.224 e. The number of amides is 1. The average Bonchev–Trinajstić information content (AvgIpc) is 2.61. The van der Waals surface area contributed by atoms with Gasteiger partial charge in [-0.05, 0) is 48.7 Å². The molecule has 1 aliphatic rings. The first-order valence-corrected chi connectivity index (χ1v) is 8.29. The molecule has 0 fully saturated rings. The lowest BCUT2D eigenvalue weighted by Crippen LogP contribution is -2.44. The number of hydrogen-bond donors (Lipinski definition) is 1. The molecule has 2 atom stereocenters. The molecule has 1 amide bonds. The summed E-state index contributed by atoms with van der Waals surface area (Å²) in [5, 5.41) is 12.5. The van der Waals surface area contributed by atoms with Crippen LogP contribution < -0.4 is 10.2 Å². The fraction of sp³-hybridized carbons (Fsp3) is 0.300. The number of carbonyl (C=O) groups excluding carboxylic acids is 1. The molecule has 24 heavy (non-hydrogen) atoms. The van der Waals surface area contributed by atoms with Crippen molar-refractivity contribution < 1.29 is 4.79 Å². The van der Waals surface area contributed by atoms with Gasteiger partial charge in [-0.1, -0.05) is 25.1 Å². The van der Waals surface area contributed by atoms with Gasteiger partial charge in [0.05, 0.1) is 17.7 Å². The second-order valence-electron chi connectivity index (χ2n) is 6.13. The lowest BCUT2D eigenvalue weighted by molar-refractivity contribution is -0.117. The highest BCUT2D eigenvalue weighted by molar-refractivity contribution is 5.93. The van der Waals surface area contributed by atoms with Crippen molar-refractivity contribution >= 4 is 17.3 Å². The highest BCUT2D eigenvalue weighted by atomic mass is 16.2. The first-order valence-electron chi connectivity index (χ1n) is 8.29. The molecule has 1 aliphatic heterocycles. The smallest absolute Gasteiger partial charge is 0.224 e. The number of para-hydroxylation sites is 1. The summed E-state index contributed by atoms with van der Waals surface area (Å²) in [6.07, 6.45) is 1.78. The van der Waals surface area contributed by atoms with Gasteiger partial charge in [-0.15, -0.1) is 0 Å². The molecule has 2 aromatic carbocycles. The maximum absolute atomic E-state index is 12.1. The first kappa shape index (κ1) is 16.1. The third-order valence-corrected chi connectivity index (χ3v) is 4.61. The van der Waals surface area contributed by atoms with Gasteiger partial charge >= 0.3 is 0 Å². The second kappa shape index (κ2) is 6.76. The molecule has 3 rings (SSSR count). The van der Waals surface area contributed by atoms with E-state index in [2.05, 4.69) is 24.4 Å². The predicted molar refractivity (Wildman–Crippen MR) is 95.8 cm³/mol. The average molecular weight is 319 g/mol. The van der Waals surface area contributed by atoms with Gasteiger partial charge in [-0.25, -0.2) is 0 Å². The zero-order chi connectivity index (χ0) is 17.1. The molecule has 122 valence electrons. The normalized spacial score (nSPS) is 19.3. The SMILES string of the molecule is CC[C@@H]1C[C@H](Nc2ccc(C#N)cc2)c2ccccc2N1C(C)=O. The van der Waals surface area contributed by atoms with Crippen LogP contribution in [-0.2, 0) is 4.79 Å². The van der Waals surface area contributed by atoms with E-state index in [0.717, 1.165) is 29.8 Å². The second-order valence-corrected chi connectivity index (χ2v) is 6.13. The van der Waals surface area contributed by atoms with E-state index in [4.69, 9.17) is 5.26 Å². The van der Waals surface area contributed by atoms with E-state index in [1.807, 2.05) is 47.4 Å². The van der Waals surface area contributed by atoms with Gasteiger partial charge in [0.2, 0.25) is 5.91 Å². The molecular formula is C20H21N3O. The van der Waals surface area contributed by atoms with E-state index in [0.29, 0.717) is 5.56 Å². The molecular weight excluding hydrogens is 298 g/mol. The minimum absolute atomic E-state index is 0.0890. The first-order chi connectivity index (χ1) is 11.6. The quantitative estimate of drug-likeness (QED) is 0.920. The van der Waals surface area contributed by atoms with Crippen molar-refractivity contribution in [3.8, 4) is 6.07 Å².